The molecule has 158 valence electrons. The molecule has 5 nitrogen and oxygen atoms in total. The summed E-state index contributed by atoms with van der Waals surface area (Å²) in [7, 11) is 1.73. The second kappa shape index (κ2) is 10.2. The van der Waals surface area contributed by atoms with Gasteiger partial charge in [-0.2, -0.15) is 0 Å². The Balaban J connectivity index is 1.57. The van der Waals surface area contributed by atoms with E-state index in [-0.39, 0.29) is 5.91 Å². The fourth-order valence-corrected chi connectivity index (χ4v) is 4.81. The van der Waals surface area contributed by atoms with E-state index in [1.165, 1.54) is 16.9 Å². The average molecular weight is 416 g/mol. The highest BCUT2D eigenvalue weighted by molar-refractivity contribution is 7.11. The molecule has 1 amide bonds. The first kappa shape index (κ1) is 21.8. The number of carbonyl (C=O) groups excluding carboxylic acids is 1. The number of likely N-dealkylation sites (tertiary alicyclic amines) is 1. The van der Waals surface area contributed by atoms with E-state index >= 15 is 0 Å². The molecule has 0 saturated carbocycles. The third-order valence-electron chi connectivity index (χ3n) is 5.58. The molecule has 2 aromatic rings. The van der Waals surface area contributed by atoms with Crippen LogP contribution in [-0.4, -0.2) is 54.0 Å². The Morgan fingerprint density at radius 1 is 1.31 bits per heavy atom. The Hall–Kier alpha value is -1.92. The van der Waals surface area contributed by atoms with Crippen LogP contribution in [0.15, 0.2) is 29.8 Å². The second-order valence-corrected chi connectivity index (χ2v) is 9.26. The highest BCUT2D eigenvalue weighted by atomic mass is 32.1. The van der Waals surface area contributed by atoms with Gasteiger partial charge in [0, 0.05) is 25.2 Å². The van der Waals surface area contributed by atoms with Gasteiger partial charge in [-0.3, -0.25) is 9.69 Å². The number of aromatic nitrogens is 1. The maximum absolute atomic E-state index is 13.1. The molecule has 1 aliphatic heterocycles. The average Bonchev–Trinajstić information content (AvgIpc) is 3.14. The van der Waals surface area contributed by atoms with Gasteiger partial charge in [0.2, 0.25) is 0 Å². The molecule has 2 heterocycles. The molecule has 29 heavy (non-hydrogen) atoms. The van der Waals surface area contributed by atoms with Crippen molar-refractivity contribution in [2.24, 2.45) is 11.8 Å². The minimum atomic E-state index is 0.148. The van der Waals surface area contributed by atoms with Crippen LogP contribution in [0.5, 0.6) is 5.75 Å². The zero-order valence-corrected chi connectivity index (χ0v) is 18.9. The number of ether oxygens (including phenoxy) is 1. The minimum absolute atomic E-state index is 0.148. The van der Waals surface area contributed by atoms with E-state index in [9.17, 15) is 4.79 Å². The Kier molecular flexibility index (Phi) is 7.67. The number of carbonyl (C=O) groups is 1. The van der Waals surface area contributed by atoms with E-state index in [0.29, 0.717) is 11.8 Å². The molecular weight excluding hydrogens is 382 g/mol. The van der Waals surface area contributed by atoms with Crippen molar-refractivity contribution in [3.05, 3.63) is 45.9 Å². The quantitative estimate of drug-likeness (QED) is 0.638. The van der Waals surface area contributed by atoms with Gasteiger partial charge in [-0.1, -0.05) is 32.0 Å². The summed E-state index contributed by atoms with van der Waals surface area (Å²) in [5.74, 6) is 2.12. The molecular formula is C23H33N3O2S. The zero-order valence-electron chi connectivity index (χ0n) is 18.1. The van der Waals surface area contributed by atoms with Crippen LogP contribution in [0.3, 0.4) is 0 Å². The van der Waals surface area contributed by atoms with Gasteiger partial charge in [0.05, 0.1) is 18.3 Å². The van der Waals surface area contributed by atoms with E-state index in [0.717, 1.165) is 61.9 Å². The molecule has 1 saturated heterocycles. The third kappa shape index (κ3) is 5.80. The first-order valence-corrected chi connectivity index (χ1v) is 11.4. The molecule has 3 rings (SSSR count). The molecule has 6 heteroatoms. The fourth-order valence-electron chi connectivity index (χ4n) is 4.05. The molecule has 0 bridgehead atoms. The highest BCUT2D eigenvalue weighted by Gasteiger charge is 2.26. The Bertz CT molecular complexity index is 797. The summed E-state index contributed by atoms with van der Waals surface area (Å²) in [5, 5.41) is 0. The lowest BCUT2D eigenvalue weighted by atomic mass is 9.95. The number of nitrogens with zero attached hydrogens (tertiary/aromatic N) is 3. The number of hydrogen-bond donors (Lipinski definition) is 0. The van der Waals surface area contributed by atoms with Crippen LogP contribution < -0.4 is 4.74 Å². The Morgan fingerprint density at radius 3 is 2.66 bits per heavy atom. The smallest absolute Gasteiger partial charge is 0.265 e. The second-order valence-electron chi connectivity index (χ2n) is 8.40. The standard InChI is InChI=1S/C23H33N3O2S/c1-17(2)13-26(23(27)22-18(3)24-16-29-22)14-19-9-11-25(12-10-19)15-20-7-5-6-8-21(20)28-4/h5-8,16-17,19H,9-15H2,1-4H3. The van der Waals surface area contributed by atoms with Crippen molar-refractivity contribution in [1.82, 2.24) is 14.8 Å². The van der Waals surface area contributed by atoms with Crippen molar-refractivity contribution >= 4 is 17.2 Å². The number of piperidine rings is 1. The lowest BCUT2D eigenvalue weighted by Gasteiger charge is -2.35. The van der Waals surface area contributed by atoms with Gasteiger partial charge in [-0.15, -0.1) is 11.3 Å². The van der Waals surface area contributed by atoms with Gasteiger partial charge in [0.25, 0.3) is 5.91 Å². The molecule has 0 spiro atoms. The maximum atomic E-state index is 13.1. The van der Waals surface area contributed by atoms with Crippen molar-refractivity contribution in [2.75, 3.05) is 33.3 Å². The number of aryl methyl sites for hydroxylation is 1. The monoisotopic (exact) mass is 415 g/mol. The zero-order chi connectivity index (χ0) is 20.8. The van der Waals surface area contributed by atoms with Gasteiger partial charge in [0.15, 0.2) is 0 Å². The molecule has 1 aromatic heterocycles. The first-order valence-electron chi connectivity index (χ1n) is 10.5. The van der Waals surface area contributed by atoms with Crippen molar-refractivity contribution in [1.29, 1.82) is 0 Å². The van der Waals surface area contributed by atoms with Crippen LogP contribution >= 0.6 is 11.3 Å². The van der Waals surface area contributed by atoms with Crippen molar-refractivity contribution in [3.8, 4) is 5.75 Å². The van der Waals surface area contributed by atoms with Crippen LogP contribution in [0.4, 0.5) is 0 Å². The number of hydrogen-bond acceptors (Lipinski definition) is 5. The summed E-state index contributed by atoms with van der Waals surface area (Å²) in [6, 6.07) is 8.26. The number of amides is 1. The molecule has 0 unspecified atom stereocenters. The van der Waals surface area contributed by atoms with E-state index in [1.54, 1.807) is 12.6 Å². The number of para-hydroxylation sites is 1. The molecule has 1 aliphatic rings. The lowest BCUT2D eigenvalue weighted by molar-refractivity contribution is 0.0667. The van der Waals surface area contributed by atoms with Gasteiger partial charge < -0.3 is 9.64 Å². The van der Waals surface area contributed by atoms with Crippen LogP contribution in [0.2, 0.25) is 0 Å². The van der Waals surface area contributed by atoms with Gasteiger partial charge in [-0.25, -0.2) is 4.98 Å². The van der Waals surface area contributed by atoms with Crippen molar-refractivity contribution in [3.63, 3.8) is 0 Å². The molecule has 1 fully saturated rings. The van der Waals surface area contributed by atoms with E-state index in [1.807, 2.05) is 19.1 Å². The summed E-state index contributed by atoms with van der Waals surface area (Å²) >= 11 is 1.46. The van der Waals surface area contributed by atoms with Crippen molar-refractivity contribution in [2.45, 2.75) is 40.2 Å². The summed E-state index contributed by atoms with van der Waals surface area (Å²) in [4.78, 5) is 22.7. The maximum Gasteiger partial charge on any atom is 0.265 e. The van der Waals surface area contributed by atoms with Gasteiger partial charge in [-0.05, 0) is 50.8 Å². The van der Waals surface area contributed by atoms with Gasteiger partial charge in [0.1, 0.15) is 10.6 Å². The fraction of sp³-hybridized carbons (Fsp3) is 0.565. The Labute approximate surface area is 178 Å². The summed E-state index contributed by atoms with van der Waals surface area (Å²) in [6.07, 6.45) is 2.25. The molecule has 1 aromatic carbocycles. The Morgan fingerprint density at radius 2 is 2.03 bits per heavy atom. The van der Waals surface area contributed by atoms with E-state index < -0.39 is 0 Å². The summed E-state index contributed by atoms with van der Waals surface area (Å²) in [5.41, 5.74) is 3.86. The number of benzene rings is 1. The first-order chi connectivity index (χ1) is 14.0. The molecule has 0 N–H and O–H groups in total. The number of rotatable bonds is 8. The topological polar surface area (TPSA) is 45.7 Å². The molecule has 0 radical (unpaired) electrons. The molecule has 0 atom stereocenters. The van der Waals surface area contributed by atoms with Crippen molar-refractivity contribution < 1.29 is 9.53 Å². The largest absolute Gasteiger partial charge is 0.496 e. The minimum Gasteiger partial charge on any atom is -0.496 e. The van der Waals surface area contributed by atoms with Crippen LogP contribution in [-0.2, 0) is 6.54 Å². The summed E-state index contributed by atoms with van der Waals surface area (Å²) in [6.45, 7) is 11.0. The third-order valence-corrected chi connectivity index (χ3v) is 6.50. The van der Waals surface area contributed by atoms with Crippen LogP contribution in [0, 0.1) is 18.8 Å². The van der Waals surface area contributed by atoms with Gasteiger partial charge >= 0.3 is 0 Å². The predicted molar refractivity (Wildman–Crippen MR) is 119 cm³/mol. The van der Waals surface area contributed by atoms with Crippen LogP contribution in [0.25, 0.3) is 0 Å². The van der Waals surface area contributed by atoms with E-state index in [2.05, 4.69) is 40.8 Å². The number of methoxy groups -OCH3 is 1. The van der Waals surface area contributed by atoms with Crippen LogP contribution in [0.1, 0.15) is 47.6 Å². The predicted octanol–water partition coefficient (Wildman–Crippen LogP) is 4.47. The normalized spacial score (nSPS) is 15.6. The van der Waals surface area contributed by atoms with E-state index in [4.69, 9.17) is 4.74 Å². The molecule has 0 aliphatic carbocycles. The SMILES string of the molecule is COc1ccccc1CN1CCC(CN(CC(C)C)C(=O)c2scnc2C)CC1. The summed E-state index contributed by atoms with van der Waals surface area (Å²) < 4.78 is 5.49. The number of thiazole rings is 1. The highest BCUT2D eigenvalue weighted by Crippen LogP contribution is 2.25. The lowest BCUT2D eigenvalue weighted by Crippen LogP contribution is -2.42.